The third-order valence-electron chi connectivity index (χ3n) is 6.76. The van der Waals surface area contributed by atoms with Crippen molar-refractivity contribution in [3.63, 3.8) is 0 Å². The Kier molecular flexibility index (Phi) is 8.73. The monoisotopic (exact) mass is 486 g/mol. The van der Waals surface area contributed by atoms with E-state index in [1.807, 2.05) is 19.9 Å². The summed E-state index contributed by atoms with van der Waals surface area (Å²) in [6.07, 6.45) is 3.43. The first-order valence-electron chi connectivity index (χ1n) is 11.6. The predicted molar refractivity (Wildman–Crippen MR) is 128 cm³/mol. The lowest BCUT2D eigenvalue weighted by molar-refractivity contribution is 0.152. The smallest absolute Gasteiger partial charge is 0.243 e. The highest BCUT2D eigenvalue weighted by molar-refractivity contribution is 7.90. The number of hydrogen-bond acceptors (Lipinski definition) is 6. The van der Waals surface area contributed by atoms with E-state index in [0.29, 0.717) is 38.8 Å². The number of aryl methyl sites for hydroxylation is 2. The minimum absolute atomic E-state index is 0.0380. The SMILES string of the molecule is Cc1ccc(S(=O)(=O)N(CCN2CCCCC2C)CCS(=O)(=O)N2CCNCC2)cc1C. The number of piperazine rings is 1. The van der Waals surface area contributed by atoms with Crippen LogP contribution in [0.25, 0.3) is 0 Å². The van der Waals surface area contributed by atoms with Gasteiger partial charge in [0.05, 0.1) is 10.6 Å². The molecule has 0 saturated carbocycles. The molecule has 32 heavy (non-hydrogen) atoms. The quantitative estimate of drug-likeness (QED) is 0.568. The van der Waals surface area contributed by atoms with Crippen LogP contribution in [0, 0.1) is 13.8 Å². The maximum absolute atomic E-state index is 13.5. The average Bonchev–Trinajstić information content (AvgIpc) is 2.77. The normalized spacial score (nSPS) is 21.8. The Labute approximate surface area is 194 Å². The van der Waals surface area contributed by atoms with Gasteiger partial charge in [-0.25, -0.2) is 16.8 Å². The molecule has 1 N–H and O–H groups in total. The zero-order valence-electron chi connectivity index (χ0n) is 19.6. The second-order valence-electron chi connectivity index (χ2n) is 9.00. The van der Waals surface area contributed by atoms with Gasteiger partial charge in [0, 0.05) is 51.9 Å². The summed E-state index contributed by atoms with van der Waals surface area (Å²) in [6.45, 7) is 9.93. The van der Waals surface area contributed by atoms with Crippen LogP contribution in [0.5, 0.6) is 0 Å². The van der Waals surface area contributed by atoms with Gasteiger partial charge in [0.1, 0.15) is 0 Å². The van der Waals surface area contributed by atoms with E-state index in [4.69, 9.17) is 0 Å². The first kappa shape index (κ1) is 25.6. The molecule has 2 heterocycles. The van der Waals surface area contributed by atoms with Crippen LogP contribution in [0.2, 0.25) is 0 Å². The van der Waals surface area contributed by atoms with Gasteiger partial charge in [-0.1, -0.05) is 12.5 Å². The molecule has 1 aromatic carbocycles. The van der Waals surface area contributed by atoms with Crippen LogP contribution in [0.1, 0.15) is 37.3 Å². The molecule has 1 unspecified atom stereocenters. The summed E-state index contributed by atoms with van der Waals surface area (Å²) in [5.74, 6) is -0.202. The van der Waals surface area contributed by atoms with Crippen LogP contribution in [0.4, 0.5) is 0 Å². The molecular formula is C22H38N4O4S2. The van der Waals surface area contributed by atoms with Crippen molar-refractivity contribution >= 4 is 20.0 Å². The molecule has 3 rings (SSSR count). The van der Waals surface area contributed by atoms with Gasteiger partial charge < -0.3 is 5.32 Å². The van der Waals surface area contributed by atoms with Gasteiger partial charge >= 0.3 is 0 Å². The summed E-state index contributed by atoms with van der Waals surface area (Å²) in [5.41, 5.74) is 1.93. The number of benzene rings is 1. The van der Waals surface area contributed by atoms with Crippen LogP contribution in [-0.4, -0.2) is 94.5 Å². The highest BCUT2D eigenvalue weighted by atomic mass is 32.2. The third-order valence-corrected chi connectivity index (χ3v) is 10.5. The molecule has 2 aliphatic heterocycles. The van der Waals surface area contributed by atoms with Crippen LogP contribution >= 0.6 is 0 Å². The van der Waals surface area contributed by atoms with Crippen LogP contribution < -0.4 is 5.32 Å². The third kappa shape index (κ3) is 6.30. The topological polar surface area (TPSA) is 90.0 Å². The van der Waals surface area contributed by atoms with Crippen LogP contribution in [0.15, 0.2) is 23.1 Å². The molecule has 10 heteroatoms. The zero-order chi connectivity index (χ0) is 23.4. The first-order chi connectivity index (χ1) is 15.1. The number of nitrogens with one attached hydrogen (secondary N) is 1. The highest BCUT2D eigenvalue weighted by Gasteiger charge is 2.30. The van der Waals surface area contributed by atoms with Gasteiger partial charge in [-0.15, -0.1) is 0 Å². The fourth-order valence-corrected chi connectivity index (χ4v) is 7.46. The summed E-state index contributed by atoms with van der Waals surface area (Å²) in [6, 6.07) is 5.54. The molecule has 0 bridgehead atoms. The Balaban J connectivity index is 1.78. The second kappa shape index (κ2) is 10.9. The van der Waals surface area contributed by atoms with Crippen molar-refractivity contribution in [2.75, 3.05) is 58.1 Å². The molecule has 0 radical (unpaired) electrons. The van der Waals surface area contributed by atoms with E-state index in [2.05, 4.69) is 17.1 Å². The van der Waals surface area contributed by atoms with Crippen molar-refractivity contribution in [2.45, 2.75) is 51.0 Å². The molecule has 0 aliphatic carbocycles. The summed E-state index contributed by atoms with van der Waals surface area (Å²) < 4.78 is 55.7. The number of likely N-dealkylation sites (tertiary alicyclic amines) is 1. The van der Waals surface area contributed by atoms with Crippen molar-refractivity contribution < 1.29 is 16.8 Å². The lowest BCUT2D eigenvalue weighted by atomic mass is 10.0. The van der Waals surface area contributed by atoms with Crippen LogP contribution in [0.3, 0.4) is 0 Å². The predicted octanol–water partition coefficient (Wildman–Crippen LogP) is 1.40. The molecule has 8 nitrogen and oxygen atoms in total. The van der Waals surface area contributed by atoms with Crippen molar-refractivity contribution in [3.05, 3.63) is 29.3 Å². The number of sulfonamides is 2. The van der Waals surface area contributed by atoms with Gasteiger partial charge in [-0.05, 0) is 63.4 Å². The largest absolute Gasteiger partial charge is 0.314 e. The summed E-state index contributed by atoms with van der Waals surface area (Å²) in [7, 11) is -7.32. The van der Waals surface area contributed by atoms with E-state index in [1.54, 1.807) is 12.1 Å². The molecule has 1 atom stereocenters. The minimum atomic E-state index is -3.80. The van der Waals surface area contributed by atoms with E-state index >= 15 is 0 Å². The molecule has 2 aliphatic rings. The lowest BCUT2D eigenvalue weighted by Gasteiger charge is -2.35. The van der Waals surface area contributed by atoms with Gasteiger partial charge in [-0.2, -0.15) is 8.61 Å². The van der Waals surface area contributed by atoms with Gasteiger partial charge in [-0.3, -0.25) is 4.90 Å². The number of rotatable bonds is 9. The fourth-order valence-electron chi connectivity index (χ4n) is 4.37. The average molecular weight is 487 g/mol. The summed E-state index contributed by atoms with van der Waals surface area (Å²) in [4.78, 5) is 2.55. The standard InChI is InChI=1S/C22H38N4O4S2/c1-19-7-8-22(18-20(19)2)32(29,30)26(15-14-24-11-5-4-6-21(24)3)16-17-31(27,28)25-12-9-23-10-13-25/h7-8,18,21,23H,4-6,9-17H2,1-3H3. The van der Waals surface area contributed by atoms with Crippen molar-refractivity contribution in [1.82, 2.24) is 18.8 Å². The highest BCUT2D eigenvalue weighted by Crippen LogP contribution is 2.21. The van der Waals surface area contributed by atoms with Crippen LogP contribution in [-0.2, 0) is 20.0 Å². The maximum atomic E-state index is 13.5. The van der Waals surface area contributed by atoms with E-state index < -0.39 is 20.0 Å². The Morgan fingerprint density at radius 3 is 2.38 bits per heavy atom. The van der Waals surface area contributed by atoms with E-state index in [-0.39, 0.29) is 23.7 Å². The molecule has 0 amide bonds. The van der Waals surface area contributed by atoms with E-state index in [0.717, 1.165) is 30.5 Å². The van der Waals surface area contributed by atoms with Crippen molar-refractivity contribution in [1.29, 1.82) is 0 Å². The molecule has 182 valence electrons. The molecule has 0 aromatic heterocycles. The van der Waals surface area contributed by atoms with Gasteiger partial charge in [0.2, 0.25) is 20.0 Å². The molecule has 1 aromatic rings. The summed E-state index contributed by atoms with van der Waals surface area (Å²) in [5, 5.41) is 3.15. The fraction of sp³-hybridized carbons (Fsp3) is 0.727. The number of hydrogen-bond donors (Lipinski definition) is 1. The zero-order valence-corrected chi connectivity index (χ0v) is 21.2. The molecule has 0 spiro atoms. The van der Waals surface area contributed by atoms with Gasteiger partial charge in [0.25, 0.3) is 0 Å². The van der Waals surface area contributed by atoms with E-state index in [1.165, 1.54) is 15.0 Å². The van der Waals surface area contributed by atoms with E-state index in [9.17, 15) is 16.8 Å². The van der Waals surface area contributed by atoms with Gasteiger partial charge in [0.15, 0.2) is 0 Å². The number of piperidine rings is 1. The second-order valence-corrected chi connectivity index (χ2v) is 13.0. The Hall–Kier alpha value is -1.04. The Morgan fingerprint density at radius 1 is 1.00 bits per heavy atom. The van der Waals surface area contributed by atoms with Crippen molar-refractivity contribution in [2.24, 2.45) is 0 Å². The maximum Gasteiger partial charge on any atom is 0.243 e. The lowest BCUT2D eigenvalue weighted by Crippen LogP contribution is -2.49. The molecular weight excluding hydrogens is 448 g/mol. The Morgan fingerprint density at radius 2 is 1.72 bits per heavy atom. The Bertz CT molecular complexity index is 976. The first-order valence-corrected chi connectivity index (χ1v) is 14.7. The molecule has 2 saturated heterocycles. The number of nitrogens with zero attached hydrogens (tertiary/aromatic N) is 3. The minimum Gasteiger partial charge on any atom is -0.314 e. The summed E-state index contributed by atoms with van der Waals surface area (Å²) >= 11 is 0. The molecule has 2 fully saturated rings. The van der Waals surface area contributed by atoms with Crippen molar-refractivity contribution in [3.8, 4) is 0 Å².